The molecule has 0 aliphatic heterocycles. The summed E-state index contributed by atoms with van der Waals surface area (Å²) in [6.45, 7) is 3.75. The summed E-state index contributed by atoms with van der Waals surface area (Å²) >= 11 is 6.40. The van der Waals surface area contributed by atoms with Crippen molar-refractivity contribution in [1.29, 1.82) is 0 Å². The number of aromatic nitrogens is 2. The molecule has 1 heterocycles. The zero-order valence-corrected chi connectivity index (χ0v) is 15.3. The van der Waals surface area contributed by atoms with Gasteiger partial charge in [-0.1, -0.05) is 18.2 Å². The van der Waals surface area contributed by atoms with Gasteiger partial charge in [-0.3, -0.25) is 9.59 Å². The lowest BCUT2D eigenvalue weighted by atomic mass is 10.2. The van der Waals surface area contributed by atoms with Crippen LogP contribution in [0.1, 0.15) is 13.8 Å². The molecule has 5 nitrogen and oxygen atoms in total. The van der Waals surface area contributed by atoms with Gasteiger partial charge in [0.25, 0.3) is 5.56 Å². The molecule has 2 aromatic rings. The van der Waals surface area contributed by atoms with Crippen LogP contribution in [0.3, 0.4) is 0 Å². The summed E-state index contributed by atoms with van der Waals surface area (Å²) in [5, 5.41) is 3.99. The highest BCUT2D eigenvalue weighted by Crippen LogP contribution is 2.18. The van der Waals surface area contributed by atoms with Gasteiger partial charge in [-0.15, -0.1) is 0 Å². The second-order valence-electron chi connectivity index (χ2n) is 4.96. The molecule has 0 saturated carbocycles. The maximum Gasteiger partial charge on any atom is 0.282 e. The molecule has 7 heteroatoms. The van der Waals surface area contributed by atoms with E-state index in [4.69, 9.17) is 0 Å². The first-order valence-corrected chi connectivity index (χ1v) is 8.28. The van der Waals surface area contributed by atoms with Crippen LogP contribution < -0.4 is 10.5 Å². The first-order valence-electron chi connectivity index (χ1n) is 6.70. The summed E-state index contributed by atoms with van der Waals surface area (Å²) in [6.07, 6.45) is 1.49. The summed E-state index contributed by atoms with van der Waals surface area (Å²) in [7, 11) is 0. The van der Waals surface area contributed by atoms with Crippen molar-refractivity contribution in [3.63, 3.8) is 0 Å². The Balaban J connectivity index is 2.31. The van der Waals surface area contributed by atoms with Gasteiger partial charge in [0.2, 0.25) is 5.91 Å². The van der Waals surface area contributed by atoms with Gasteiger partial charge < -0.3 is 4.90 Å². The van der Waals surface area contributed by atoms with Crippen molar-refractivity contribution in [1.82, 2.24) is 9.78 Å². The van der Waals surface area contributed by atoms with Crippen LogP contribution in [0.15, 0.2) is 50.3 Å². The van der Waals surface area contributed by atoms with E-state index in [2.05, 4.69) is 37.0 Å². The van der Waals surface area contributed by atoms with Crippen molar-refractivity contribution in [3.05, 3.63) is 55.8 Å². The molecule has 0 unspecified atom stereocenters. The van der Waals surface area contributed by atoms with Crippen molar-refractivity contribution >= 4 is 43.5 Å². The zero-order valence-electron chi connectivity index (χ0n) is 12.2. The lowest BCUT2D eigenvalue weighted by molar-refractivity contribution is -0.119. The summed E-state index contributed by atoms with van der Waals surface area (Å²) in [6, 6.07) is 9.35. The monoisotopic (exact) mass is 427 g/mol. The van der Waals surface area contributed by atoms with Crippen LogP contribution >= 0.6 is 31.9 Å². The van der Waals surface area contributed by atoms with E-state index < -0.39 is 0 Å². The first-order chi connectivity index (χ1) is 10.4. The second kappa shape index (κ2) is 7.19. The number of anilines is 1. The predicted octanol–water partition coefficient (Wildman–Crippen LogP) is 3.21. The highest BCUT2D eigenvalue weighted by Gasteiger charge is 2.20. The zero-order chi connectivity index (χ0) is 16.3. The molecule has 0 aliphatic carbocycles. The van der Waals surface area contributed by atoms with Crippen molar-refractivity contribution in [2.45, 2.75) is 26.4 Å². The van der Waals surface area contributed by atoms with Gasteiger partial charge >= 0.3 is 0 Å². The number of benzene rings is 1. The van der Waals surface area contributed by atoms with Crippen LogP contribution in [0.4, 0.5) is 5.69 Å². The summed E-state index contributed by atoms with van der Waals surface area (Å²) in [5.74, 6) is -0.190. The Morgan fingerprint density at radius 1 is 1.27 bits per heavy atom. The Hall–Kier alpha value is -1.47. The third kappa shape index (κ3) is 3.64. The molecule has 0 bridgehead atoms. The standard InChI is InChI=1S/C15H15Br2N3O2/c1-10(2)20(11-6-4-3-5-7-11)13(21)9-19-15(22)14(17)12(16)8-18-19/h3-8,10H,9H2,1-2H3. The molecule has 1 aromatic carbocycles. The maximum absolute atomic E-state index is 12.6. The fourth-order valence-corrected chi connectivity index (χ4v) is 2.65. The molecular formula is C15H15Br2N3O2. The predicted molar refractivity (Wildman–Crippen MR) is 93.0 cm³/mol. The molecule has 0 aliphatic rings. The van der Waals surface area contributed by atoms with Gasteiger partial charge in [-0.2, -0.15) is 5.10 Å². The Bertz CT molecular complexity index is 729. The third-order valence-corrected chi connectivity index (χ3v) is 4.95. The van der Waals surface area contributed by atoms with Crippen LogP contribution in [-0.2, 0) is 11.3 Å². The molecule has 0 saturated heterocycles. The molecule has 1 aromatic heterocycles. The van der Waals surface area contributed by atoms with Gasteiger partial charge in [0.15, 0.2) is 0 Å². The molecule has 0 spiro atoms. The lowest BCUT2D eigenvalue weighted by Crippen LogP contribution is -2.41. The summed E-state index contributed by atoms with van der Waals surface area (Å²) in [5.41, 5.74) is 0.450. The molecule has 22 heavy (non-hydrogen) atoms. The van der Waals surface area contributed by atoms with E-state index in [1.807, 2.05) is 44.2 Å². The van der Waals surface area contributed by atoms with Crippen molar-refractivity contribution in [2.24, 2.45) is 0 Å². The number of halogens is 2. The van der Waals surface area contributed by atoms with Crippen molar-refractivity contribution in [2.75, 3.05) is 4.90 Å². The van der Waals surface area contributed by atoms with Crippen LogP contribution in [0.25, 0.3) is 0 Å². The van der Waals surface area contributed by atoms with Gasteiger partial charge in [-0.25, -0.2) is 4.68 Å². The van der Waals surface area contributed by atoms with Crippen molar-refractivity contribution in [3.8, 4) is 0 Å². The van der Waals surface area contributed by atoms with Gasteiger partial charge in [-0.05, 0) is 57.8 Å². The van der Waals surface area contributed by atoms with Crippen molar-refractivity contribution < 1.29 is 4.79 Å². The van der Waals surface area contributed by atoms with E-state index in [9.17, 15) is 9.59 Å². The van der Waals surface area contributed by atoms with Crippen LogP contribution in [0.2, 0.25) is 0 Å². The van der Waals surface area contributed by atoms with E-state index in [-0.39, 0.29) is 24.1 Å². The van der Waals surface area contributed by atoms with E-state index in [0.717, 1.165) is 10.4 Å². The molecule has 2 rings (SSSR count). The number of carbonyl (C=O) groups is 1. The normalized spacial score (nSPS) is 10.8. The Labute approximate surface area is 145 Å². The fourth-order valence-electron chi connectivity index (χ4n) is 2.08. The highest BCUT2D eigenvalue weighted by molar-refractivity contribution is 9.13. The maximum atomic E-state index is 12.6. The van der Waals surface area contributed by atoms with Crippen LogP contribution in [-0.4, -0.2) is 21.7 Å². The minimum Gasteiger partial charge on any atom is -0.308 e. The molecule has 0 atom stereocenters. The Morgan fingerprint density at radius 2 is 1.91 bits per heavy atom. The molecule has 0 radical (unpaired) electrons. The van der Waals surface area contributed by atoms with Crippen LogP contribution in [0.5, 0.6) is 0 Å². The molecule has 0 fully saturated rings. The highest BCUT2D eigenvalue weighted by atomic mass is 79.9. The number of rotatable bonds is 4. The number of nitrogens with zero attached hydrogens (tertiary/aromatic N) is 3. The molecule has 116 valence electrons. The van der Waals surface area contributed by atoms with Crippen LogP contribution in [0, 0.1) is 0 Å². The SMILES string of the molecule is CC(C)N(C(=O)Cn1ncc(Br)c(Br)c1=O)c1ccccc1. The van der Waals surface area contributed by atoms with Gasteiger partial charge in [0.05, 0.1) is 10.7 Å². The number of hydrogen-bond acceptors (Lipinski definition) is 3. The van der Waals surface area contributed by atoms with Gasteiger partial charge in [0, 0.05) is 11.7 Å². The number of para-hydroxylation sites is 1. The third-order valence-electron chi connectivity index (χ3n) is 3.05. The number of carbonyl (C=O) groups excluding carboxylic acids is 1. The van der Waals surface area contributed by atoms with E-state index in [1.165, 1.54) is 6.20 Å². The average molecular weight is 429 g/mol. The first kappa shape index (κ1) is 16.9. The number of amides is 1. The largest absolute Gasteiger partial charge is 0.308 e. The molecule has 1 amide bonds. The smallest absolute Gasteiger partial charge is 0.282 e. The van der Waals surface area contributed by atoms with E-state index >= 15 is 0 Å². The minimum absolute atomic E-state index is 0.0236. The second-order valence-corrected chi connectivity index (χ2v) is 6.61. The Kier molecular flexibility index (Phi) is 5.52. The van der Waals surface area contributed by atoms with Gasteiger partial charge in [0.1, 0.15) is 11.0 Å². The molecular weight excluding hydrogens is 414 g/mol. The van der Waals surface area contributed by atoms with E-state index in [0.29, 0.717) is 8.95 Å². The van der Waals surface area contributed by atoms with E-state index in [1.54, 1.807) is 4.90 Å². The summed E-state index contributed by atoms with van der Waals surface area (Å²) < 4.78 is 2.06. The average Bonchev–Trinajstić information content (AvgIpc) is 2.49. The minimum atomic E-state index is -0.348. The Morgan fingerprint density at radius 3 is 2.50 bits per heavy atom. The fraction of sp³-hybridized carbons (Fsp3) is 0.267. The summed E-state index contributed by atoms with van der Waals surface area (Å²) in [4.78, 5) is 26.4. The quantitative estimate of drug-likeness (QED) is 0.751. The topological polar surface area (TPSA) is 55.2 Å². The number of hydrogen-bond donors (Lipinski definition) is 0. The molecule has 0 N–H and O–H groups in total. The lowest BCUT2D eigenvalue weighted by Gasteiger charge is -2.27.